The SMILES string of the molecule is N#Cc1ccccc1-n1nc(-c2cccc3ccccc23)c2c1NCCCC2. The van der Waals surface area contributed by atoms with Crippen molar-refractivity contribution in [2.24, 2.45) is 0 Å². The Morgan fingerprint density at radius 1 is 0.929 bits per heavy atom. The van der Waals surface area contributed by atoms with Crippen LogP contribution >= 0.6 is 0 Å². The Kier molecular flexibility index (Phi) is 4.06. The number of rotatable bonds is 2. The fraction of sp³-hybridized carbons (Fsp3) is 0.167. The quantitative estimate of drug-likeness (QED) is 0.524. The molecular formula is C24H20N4. The summed E-state index contributed by atoms with van der Waals surface area (Å²) in [6.45, 7) is 0.919. The van der Waals surface area contributed by atoms with E-state index in [4.69, 9.17) is 5.10 Å². The molecule has 0 fully saturated rings. The molecule has 4 aromatic rings. The lowest BCUT2D eigenvalue weighted by molar-refractivity contribution is 0.780. The predicted molar refractivity (Wildman–Crippen MR) is 113 cm³/mol. The minimum Gasteiger partial charge on any atom is -0.370 e. The van der Waals surface area contributed by atoms with Gasteiger partial charge in [-0.25, -0.2) is 4.68 Å². The molecule has 5 rings (SSSR count). The van der Waals surface area contributed by atoms with Crippen molar-refractivity contribution < 1.29 is 0 Å². The lowest BCUT2D eigenvalue weighted by Gasteiger charge is -2.10. The van der Waals surface area contributed by atoms with Gasteiger partial charge in [-0.15, -0.1) is 0 Å². The van der Waals surface area contributed by atoms with Crippen molar-refractivity contribution in [3.63, 3.8) is 0 Å². The van der Waals surface area contributed by atoms with Crippen molar-refractivity contribution in [1.82, 2.24) is 9.78 Å². The fourth-order valence-corrected chi connectivity index (χ4v) is 4.08. The summed E-state index contributed by atoms with van der Waals surface area (Å²) in [5.41, 5.74) is 4.84. The van der Waals surface area contributed by atoms with Crippen LogP contribution in [0.1, 0.15) is 24.0 Å². The van der Waals surface area contributed by atoms with Gasteiger partial charge < -0.3 is 5.32 Å². The molecule has 0 saturated carbocycles. The first kappa shape index (κ1) is 16.6. The van der Waals surface area contributed by atoms with Crippen LogP contribution in [0.2, 0.25) is 0 Å². The Bertz CT molecular complexity index is 1210. The summed E-state index contributed by atoms with van der Waals surface area (Å²) < 4.78 is 1.93. The van der Waals surface area contributed by atoms with Crippen molar-refractivity contribution in [3.8, 4) is 23.0 Å². The molecule has 2 heterocycles. The predicted octanol–water partition coefficient (Wildman–Crippen LogP) is 5.31. The van der Waals surface area contributed by atoms with E-state index >= 15 is 0 Å². The van der Waals surface area contributed by atoms with Crippen LogP contribution in [0.25, 0.3) is 27.7 Å². The molecule has 4 nitrogen and oxygen atoms in total. The summed E-state index contributed by atoms with van der Waals surface area (Å²) in [6.07, 6.45) is 3.24. The zero-order valence-electron chi connectivity index (χ0n) is 15.5. The van der Waals surface area contributed by atoms with Crippen molar-refractivity contribution in [2.45, 2.75) is 19.3 Å². The Balaban J connectivity index is 1.80. The number of nitrogens with zero attached hydrogens (tertiary/aromatic N) is 3. The molecule has 28 heavy (non-hydrogen) atoms. The number of hydrogen-bond acceptors (Lipinski definition) is 3. The average molecular weight is 364 g/mol. The van der Waals surface area contributed by atoms with Gasteiger partial charge in [-0.1, -0.05) is 54.6 Å². The summed E-state index contributed by atoms with van der Waals surface area (Å²) >= 11 is 0. The molecule has 0 saturated heterocycles. The maximum atomic E-state index is 9.59. The molecule has 1 aliphatic heterocycles. The van der Waals surface area contributed by atoms with Crippen molar-refractivity contribution in [1.29, 1.82) is 5.26 Å². The second-order valence-electron chi connectivity index (χ2n) is 7.13. The standard InChI is InChI=1S/C24H20N4/c25-16-18-9-2-4-14-22(18)28-24-21(12-5-6-15-26-24)23(27-28)20-13-7-10-17-8-1-3-11-19(17)20/h1-4,7-11,13-14,26H,5-6,12,15H2. The van der Waals surface area contributed by atoms with Crippen molar-refractivity contribution >= 4 is 16.6 Å². The number of nitrogens with one attached hydrogen (secondary N) is 1. The Hall–Kier alpha value is -3.58. The molecule has 3 aromatic carbocycles. The summed E-state index contributed by atoms with van der Waals surface area (Å²) in [6, 6.07) is 24.8. The van der Waals surface area contributed by atoms with Crippen LogP contribution in [0.15, 0.2) is 66.7 Å². The summed E-state index contributed by atoms with van der Waals surface area (Å²) in [7, 11) is 0. The van der Waals surface area contributed by atoms with Crippen LogP contribution in [0, 0.1) is 11.3 Å². The molecule has 0 aliphatic carbocycles. The van der Waals surface area contributed by atoms with Crippen molar-refractivity contribution in [3.05, 3.63) is 77.9 Å². The zero-order valence-corrected chi connectivity index (χ0v) is 15.5. The number of hydrogen-bond donors (Lipinski definition) is 1. The van der Waals surface area contributed by atoms with Crippen LogP contribution in [-0.2, 0) is 6.42 Å². The van der Waals surface area contributed by atoms with E-state index < -0.39 is 0 Å². The molecule has 0 bridgehead atoms. The third kappa shape index (κ3) is 2.64. The number of nitriles is 1. The lowest BCUT2D eigenvalue weighted by Crippen LogP contribution is -2.08. The van der Waals surface area contributed by atoms with E-state index in [1.807, 2.05) is 28.9 Å². The van der Waals surface area contributed by atoms with Crippen LogP contribution in [0.4, 0.5) is 5.82 Å². The molecule has 0 radical (unpaired) electrons. The largest absolute Gasteiger partial charge is 0.370 e. The highest BCUT2D eigenvalue weighted by Gasteiger charge is 2.23. The summed E-state index contributed by atoms with van der Waals surface area (Å²) in [5, 5.41) is 20.6. The van der Waals surface area contributed by atoms with Gasteiger partial charge in [0, 0.05) is 17.7 Å². The van der Waals surface area contributed by atoms with Gasteiger partial charge in [0.25, 0.3) is 0 Å². The van der Waals surface area contributed by atoms with E-state index in [0.29, 0.717) is 5.56 Å². The van der Waals surface area contributed by atoms with Gasteiger partial charge in [0.15, 0.2) is 0 Å². The van der Waals surface area contributed by atoms with Gasteiger partial charge in [-0.3, -0.25) is 0 Å². The number of para-hydroxylation sites is 1. The first-order chi connectivity index (χ1) is 13.9. The molecule has 0 spiro atoms. The normalized spacial score (nSPS) is 13.4. The molecule has 0 amide bonds. The van der Waals surface area contributed by atoms with E-state index in [2.05, 4.69) is 53.9 Å². The highest BCUT2D eigenvalue weighted by molar-refractivity contribution is 5.97. The highest BCUT2D eigenvalue weighted by Crippen LogP contribution is 2.37. The minimum atomic E-state index is 0.628. The molecule has 1 aliphatic rings. The van der Waals surface area contributed by atoms with E-state index in [9.17, 15) is 5.26 Å². The number of aromatic nitrogens is 2. The first-order valence-corrected chi connectivity index (χ1v) is 9.70. The van der Waals surface area contributed by atoms with E-state index in [1.165, 1.54) is 16.3 Å². The molecule has 4 heteroatoms. The first-order valence-electron chi connectivity index (χ1n) is 9.70. The Morgan fingerprint density at radius 3 is 2.68 bits per heavy atom. The second-order valence-corrected chi connectivity index (χ2v) is 7.13. The molecular weight excluding hydrogens is 344 g/mol. The monoisotopic (exact) mass is 364 g/mol. The van der Waals surface area contributed by atoms with Crippen LogP contribution in [0.5, 0.6) is 0 Å². The van der Waals surface area contributed by atoms with E-state index in [1.54, 1.807) is 0 Å². The Labute approximate surface area is 164 Å². The minimum absolute atomic E-state index is 0.628. The van der Waals surface area contributed by atoms with Crippen LogP contribution in [-0.4, -0.2) is 16.3 Å². The Morgan fingerprint density at radius 2 is 1.75 bits per heavy atom. The smallest absolute Gasteiger partial charge is 0.133 e. The molecule has 1 aromatic heterocycles. The average Bonchev–Trinajstić information content (AvgIpc) is 2.93. The van der Waals surface area contributed by atoms with Gasteiger partial charge in [0.2, 0.25) is 0 Å². The van der Waals surface area contributed by atoms with E-state index in [-0.39, 0.29) is 0 Å². The molecule has 0 atom stereocenters. The number of fused-ring (bicyclic) bond motifs is 2. The lowest BCUT2D eigenvalue weighted by atomic mass is 9.98. The number of benzene rings is 3. The third-order valence-electron chi connectivity index (χ3n) is 5.43. The zero-order chi connectivity index (χ0) is 18.9. The fourth-order valence-electron chi connectivity index (χ4n) is 4.08. The summed E-state index contributed by atoms with van der Waals surface area (Å²) in [4.78, 5) is 0. The topological polar surface area (TPSA) is 53.6 Å². The number of anilines is 1. The molecule has 136 valence electrons. The van der Waals surface area contributed by atoms with E-state index in [0.717, 1.165) is 48.6 Å². The van der Waals surface area contributed by atoms with Gasteiger partial charge in [-0.05, 0) is 42.2 Å². The van der Waals surface area contributed by atoms with Gasteiger partial charge in [0.1, 0.15) is 11.9 Å². The summed E-state index contributed by atoms with van der Waals surface area (Å²) in [5.74, 6) is 1.02. The maximum absolute atomic E-state index is 9.59. The second kappa shape index (κ2) is 6.86. The highest BCUT2D eigenvalue weighted by atomic mass is 15.3. The van der Waals surface area contributed by atoms with Crippen LogP contribution < -0.4 is 5.32 Å². The van der Waals surface area contributed by atoms with Gasteiger partial charge >= 0.3 is 0 Å². The third-order valence-corrected chi connectivity index (χ3v) is 5.43. The van der Waals surface area contributed by atoms with Gasteiger partial charge in [0.05, 0.1) is 16.9 Å². The van der Waals surface area contributed by atoms with Gasteiger partial charge in [-0.2, -0.15) is 10.4 Å². The maximum Gasteiger partial charge on any atom is 0.133 e. The molecule has 1 N–H and O–H groups in total. The molecule has 0 unspecified atom stereocenters. The van der Waals surface area contributed by atoms with Crippen molar-refractivity contribution in [2.75, 3.05) is 11.9 Å². The van der Waals surface area contributed by atoms with Crippen LogP contribution in [0.3, 0.4) is 0 Å².